The van der Waals surface area contributed by atoms with Gasteiger partial charge in [0.1, 0.15) is 18.3 Å². The Kier molecular flexibility index (Phi) is 11.6. The molecular weight excluding hydrogens is 598 g/mol. The first kappa shape index (κ1) is 34.2. The fraction of sp³-hybridized carbons (Fsp3) is 0.297. The van der Waals surface area contributed by atoms with Gasteiger partial charge in [0.25, 0.3) is 10.0 Å². The summed E-state index contributed by atoms with van der Waals surface area (Å²) in [6, 6.07) is 29.4. The van der Waals surface area contributed by atoms with E-state index in [1.165, 1.54) is 17.0 Å². The van der Waals surface area contributed by atoms with Gasteiger partial charge in [0.05, 0.1) is 17.2 Å². The number of carbonyl (C=O) groups excluding carboxylic acids is 2. The van der Waals surface area contributed by atoms with Gasteiger partial charge in [-0.2, -0.15) is 0 Å². The van der Waals surface area contributed by atoms with Gasteiger partial charge in [-0.25, -0.2) is 8.42 Å². The van der Waals surface area contributed by atoms with Gasteiger partial charge >= 0.3 is 0 Å². The van der Waals surface area contributed by atoms with Crippen LogP contribution in [0.1, 0.15) is 43.0 Å². The predicted molar refractivity (Wildman–Crippen MR) is 182 cm³/mol. The first-order valence-electron chi connectivity index (χ1n) is 15.5. The molecule has 1 N–H and O–H groups in total. The van der Waals surface area contributed by atoms with Crippen molar-refractivity contribution in [2.75, 3.05) is 17.5 Å². The molecular formula is C37H43N3O5S. The van der Waals surface area contributed by atoms with E-state index in [1.807, 2.05) is 89.2 Å². The van der Waals surface area contributed by atoms with Crippen LogP contribution in [0.25, 0.3) is 0 Å². The molecule has 0 spiro atoms. The van der Waals surface area contributed by atoms with Crippen LogP contribution < -0.4 is 14.4 Å². The zero-order valence-electron chi connectivity index (χ0n) is 27.1. The molecule has 4 rings (SSSR count). The number of hydrogen-bond donors (Lipinski definition) is 1. The highest BCUT2D eigenvalue weighted by Crippen LogP contribution is 2.33. The summed E-state index contributed by atoms with van der Waals surface area (Å²) in [4.78, 5) is 30.1. The first-order chi connectivity index (χ1) is 22.0. The van der Waals surface area contributed by atoms with Gasteiger partial charge in [0.15, 0.2) is 0 Å². The fourth-order valence-electron chi connectivity index (χ4n) is 5.20. The molecule has 9 heteroatoms. The number of aryl methyl sites for hydroxylation is 2. The number of benzene rings is 4. The number of hydrogen-bond acceptors (Lipinski definition) is 5. The molecule has 0 bridgehead atoms. The molecule has 0 aliphatic heterocycles. The van der Waals surface area contributed by atoms with Crippen LogP contribution in [-0.2, 0) is 32.6 Å². The van der Waals surface area contributed by atoms with Gasteiger partial charge in [-0.3, -0.25) is 13.9 Å². The van der Waals surface area contributed by atoms with Crippen molar-refractivity contribution in [2.24, 2.45) is 0 Å². The number of anilines is 1. The minimum absolute atomic E-state index is 0.0426. The highest BCUT2D eigenvalue weighted by atomic mass is 32.2. The van der Waals surface area contributed by atoms with E-state index in [4.69, 9.17) is 4.74 Å². The van der Waals surface area contributed by atoms with Crippen LogP contribution >= 0.6 is 0 Å². The van der Waals surface area contributed by atoms with Crippen LogP contribution in [0.15, 0.2) is 108 Å². The van der Waals surface area contributed by atoms with Crippen molar-refractivity contribution in [1.29, 1.82) is 0 Å². The lowest BCUT2D eigenvalue weighted by Crippen LogP contribution is -2.54. The molecule has 0 aliphatic rings. The molecule has 46 heavy (non-hydrogen) atoms. The van der Waals surface area contributed by atoms with Gasteiger partial charge in [-0.1, -0.05) is 84.4 Å². The molecule has 4 aromatic rings. The molecule has 0 saturated carbocycles. The summed E-state index contributed by atoms with van der Waals surface area (Å²) in [7, 11) is -4.24. The van der Waals surface area contributed by atoms with Crippen LogP contribution in [0.2, 0.25) is 0 Å². The SMILES string of the molecule is CCOc1ccccc1N(CC(=O)N(Cc1ccccc1C)[C@H](Cc1ccccc1)C(=O)NC(C)C)S(=O)(=O)c1ccc(C)cc1. The standard InChI is InChI=1S/C37H43N3O5S/c1-6-45-35-19-13-12-18-33(35)40(46(43,44)32-22-20-28(4)21-23-32)26-36(41)39(25-31-17-11-10-14-29(31)5)34(37(42)38-27(2)3)24-30-15-8-7-9-16-30/h7-23,27,34H,6,24-26H2,1-5H3,(H,38,42)/t34-/m1/s1. The van der Waals surface area contributed by atoms with Crippen LogP contribution in [0.3, 0.4) is 0 Å². The van der Waals surface area contributed by atoms with E-state index in [2.05, 4.69) is 5.32 Å². The molecule has 0 unspecified atom stereocenters. The number of ether oxygens (including phenoxy) is 1. The maximum absolute atomic E-state index is 14.7. The summed E-state index contributed by atoms with van der Waals surface area (Å²) in [5, 5.41) is 2.99. The summed E-state index contributed by atoms with van der Waals surface area (Å²) >= 11 is 0. The minimum Gasteiger partial charge on any atom is -0.492 e. The second-order valence-electron chi connectivity index (χ2n) is 11.5. The Morgan fingerprint density at radius 2 is 1.46 bits per heavy atom. The maximum atomic E-state index is 14.7. The number of sulfonamides is 1. The largest absolute Gasteiger partial charge is 0.492 e. The lowest BCUT2D eigenvalue weighted by Gasteiger charge is -2.34. The summed E-state index contributed by atoms with van der Waals surface area (Å²) in [6.07, 6.45) is 0.247. The second-order valence-corrected chi connectivity index (χ2v) is 13.4. The van der Waals surface area contributed by atoms with Crippen LogP contribution in [0.5, 0.6) is 5.75 Å². The van der Waals surface area contributed by atoms with Crippen LogP contribution in [0, 0.1) is 13.8 Å². The molecule has 242 valence electrons. The number of para-hydroxylation sites is 2. The highest BCUT2D eigenvalue weighted by molar-refractivity contribution is 7.92. The molecule has 0 radical (unpaired) electrons. The molecule has 0 heterocycles. The van der Waals surface area contributed by atoms with Crippen LogP contribution in [0.4, 0.5) is 5.69 Å². The molecule has 0 aliphatic carbocycles. The number of nitrogens with one attached hydrogen (secondary N) is 1. The van der Waals surface area contributed by atoms with Crippen molar-refractivity contribution in [3.63, 3.8) is 0 Å². The van der Waals surface area contributed by atoms with Crippen molar-refractivity contribution in [2.45, 2.75) is 64.6 Å². The van der Waals surface area contributed by atoms with Crippen molar-refractivity contribution in [3.05, 3.63) is 125 Å². The Balaban J connectivity index is 1.85. The summed E-state index contributed by atoms with van der Waals surface area (Å²) in [5.74, 6) is -0.508. The van der Waals surface area contributed by atoms with Crippen molar-refractivity contribution < 1.29 is 22.7 Å². The Hall–Kier alpha value is -4.63. The number of carbonyl (C=O) groups is 2. The van der Waals surface area contributed by atoms with Crippen molar-refractivity contribution in [3.8, 4) is 5.75 Å². The molecule has 0 fully saturated rings. The van der Waals surface area contributed by atoms with E-state index >= 15 is 0 Å². The second kappa shape index (κ2) is 15.6. The van der Waals surface area contributed by atoms with E-state index in [9.17, 15) is 18.0 Å². The van der Waals surface area contributed by atoms with Gasteiger partial charge in [0, 0.05) is 19.0 Å². The smallest absolute Gasteiger partial charge is 0.264 e. The molecule has 1 atom stereocenters. The summed E-state index contributed by atoms with van der Waals surface area (Å²) in [5.41, 5.74) is 3.82. The van der Waals surface area contributed by atoms with Crippen LogP contribution in [-0.4, -0.2) is 50.4 Å². The Bertz CT molecular complexity index is 1720. The third-order valence-corrected chi connectivity index (χ3v) is 9.40. The third kappa shape index (κ3) is 8.54. The topological polar surface area (TPSA) is 96.0 Å². The lowest BCUT2D eigenvalue weighted by atomic mass is 10.0. The van der Waals surface area contributed by atoms with E-state index in [1.54, 1.807) is 36.4 Å². The van der Waals surface area contributed by atoms with Crippen molar-refractivity contribution in [1.82, 2.24) is 10.2 Å². The first-order valence-corrected chi connectivity index (χ1v) is 16.9. The molecule has 8 nitrogen and oxygen atoms in total. The summed E-state index contributed by atoms with van der Waals surface area (Å²) < 4.78 is 35.6. The lowest BCUT2D eigenvalue weighted by molar-refractivity contribution is -0.140. The van der Waals surface area contributed by atoms with E-state index in [0.29, 0.717) is 12.4 Å². The molecule has 2 amide bonds. The predicted octanol–water partition coefficient (Wildman–Crippen LogP) is 6.06. The third-order valence-electron chi connectivity index (χ3n) is 7.63. The molecule has 0 aromatic heterocycles. The van der Waals surface area contributed by atoms with Gasteiger partial charge in [-0.05, 0) is 75.6 Å². The van der Waals surface area contributed by atoms with Gasteiger partial charge in [0.2, 0.25) is 11.8 Å². The normalized spacial score (nSPS) is 12.0. The Labute approximate surface area is 273 Å². The van der Waals surface area contributed by atoms with E-state index in [-0.39, 0.29) is 35.5 Å². The monoisotopic (exact) mass is 641 g/mol. The van der Waals surface area contributed by atoms with Crippen molar-refractivity contribution >= 4 is 27.5 Å². The number of nitrogens with zero attached hydrogens (tertiary/aromatic N) is 2. The maximum Gasteiger partial charge on any atom is 0.264 e. The van der Waals surface area contributed by atoms with E-state index < -0.39 is 28.5 Å². The fourth-order valence-corrected chi connectivity index (χ4v) is 6.62. The quantitative estimate of drug-likeness (QED) is 0.181. The minimum atomic E-state index is -4.24. The Morgan fingerprint density at radius 1 is 0.826 bits per heavy atom. The molecule has 4 aromatic carbocycles. The molecule has 0 saturated heterocycles. The Morgan fingerprint density at radius 3 is 2.11 bits per heavy atom. The number of rotatable bonds is 14. The van der Waals surface area contributed by atoms with E-state index in [0.717, 1.165) is 26.6 Å². The zero-order valence-corrected chi connectivity index (χ0v) is 28.0. The van der Waals surface area contributed by atoms with Gasteiger partial charge in [-0.15, -0.1) is 0 Å². The number of amides is 2. The highest BCUT2D eigenvalue weighted by Gasteiger charge is 2.35. The summed E-state index contributed by atoms with van der Waals surface area (Å²) in [6.45, 7) is 9.23. The average Bonchev–Trinajstić information content (AvgIpc) is 3.03. The van der Waals surface area contributed by atoms with Gasteiger partial charge < -0.3 is 15.0 Å². The zero-order chi connectivity index (χ0) is 33.3. The average molecular weight is 642 g/mol.